The van der Waals surface area contributed by atoms with Crippen molar-refractivity contribution in [3.05, 3.63) is 57.5 Å². The highest BCUT2D eigenvalue weighted by molar-refractivity contribution is 9.10. The van der Waals surface area contributed by atoms with Crippen LogP contribution in [0.1, 0.15) is 0 Å². The van der Waals surface area contributed by atoms with Crippen molar-refractivity contribution in [3.63, 3.8) is 0 Å². The largest absolute Gasteiger partial charge is 0.250 e. The van der Waals surface area contributed by atoms with Crippen molar-refractivity contribution in [1.29, 1.82) is 0 Å². The van der Waals surface area contributed by atoms with Crippen LogP contribution in [0.2, 0.25) is 5.28 Å². The summed E-state index contributed by atoms with van der Waals surface area (Å²) in [5, 5.41) is 4.26. The normalized spacial score (nSPS) is 9.75. The molecule has 6 nitrogen and oxygen atoms in total. The van der Waals surface area contributed by atoms with E-state index in [4.69, 9.17) is 11.6 Å². The maximum atomic E-state index is 5.37. The zero-order valence-corrected chi connectivity index (χ0v) is 13.8. The molecular formula is C11H7Br2ClN6. The molecule has 0 amide bonds. The molecule has 3 rings (SSSR count). The third-order valence-corrected chi connectivity index (χ3v) is 2.92. The number of hydrogen-bond donors (Lipinski definition) is 0. The quantitative estimate of drug-likeness (QED) is 0.567. The minimum atomic E-state index is 0.271. The van der Waals surface area contributed by atoms with E-state index in [1.54, 1.807) is 41.9 Å². The van der Waals surface area contributed by atoms with E-state index in [1.165, 1.54) is 0 Å². The minimum Gasteiger partial charge on any atom is -0.225 e. The maximum absolute atomic E-state index is 5.37. The molecule has 3 aromatic heterocycles. The monoisotopic (exact) mass is 416 g/mol. The van der Waals surface area contributed by atoms with Crippen LogP contribution in [-0.2, 0) is 0 Å². The van der Waals surface area contributed by atoms with Crippen LogP contribution in [0.15, 0.2) is 52.2 Å². The lowest BCUT2D eigenvalue weighted by Gasteiger charge is -1.96. The van der Waals surface area contributed by atoms with Crippen molar-refractivity contribution in [3.8, 4) is 5.95 Å². The number of aromatic nitrogens is 6. The van der Waals surface area contributed by atoms with Crippen LogP contribution >= 0.6 is 43.5 Å². The van der Waals surface area contributed by atoms with Gasteiger partial charge in [0.2, 0.25) is 11.2 Å². The molecule has 0 atom stereocenters. The van der Waals surface area contributed by atoms with Crippen molar-refractivity contribution >= 4 is 43.5 Å². The third-order valence-electron chi connectivity index (χ3n) is 1.90. The van der Waals surface area contributed by atoms with Crippen LogP contribution in [0.3, 0.4) is 0 Å². The van der Waals surface area contributed by atoms with Crippen LogP contribution in [0.5, 0.6) is 0 Å². The van der Waals surface area contributed by atoms with E-state index in [0.717, 1.165) is 8.95 Å². The zero-order valence-electron chi connectivity index (χ0n) is 9.86. The van der Waals surface area contributed by atoms with E-state index in [0.29, 0.717) is 5.95 Å². The molecule has 0 aliphatic heterocycles. The van der Waals surface area contributed by atoms with Gasteiger partial charge in [-0.2, -0.15) is 5.10 Å². The molecule has 3 aromatic rings. The molecule has 0 fully saturated rings. The van der Waals surface area contributed by atoms with Gasteiger partial charge in [-0.15, -0.1) is 0 Å². The van der Waals surface area contributed by atoms with Gasteiger partial charge in [-0.25, -0.2) is 24.6 Å². The SMILES string of the molecule is Brc1cnc(-n2cccn2)nc1.Clc1ncc(Br)cn1. The summed E-state index contributed by atoms with van der Waals surface area (Å²) < 4.78 is 3.30. The Morgan fingerprint density at radius 3 is 1.90 bits per heavy atom. The summed E-state index contributed by atoms with van der Waals surface area (Å²) in [6.07, 6.45) is 10.0. The van der Waals surface area contributed by atoms with Gasteiger partial charge < -0.3 is 0 Å². The topological polar surface area (TPSA) is 69.4 Å². The third kappa shape index (κ3) is 4.62. The summed E-state index contributed by atoms with van der Waals surface area (Å²) in [7, 11) is 0. The molecule has 0 bridgehead atoms. The molecule has 0 saturated carbocycles. The molecule has 102 valence electrons. The number of nitrogens with zero attached hydrogens (tertiary/aromatic N) is 6. The average molecular weight is 418 g/mol. The highest BCUT2D eigenvalue weighted by atomic mass is 79.9. The van der Waals surface area contributed by atoms with E-state index >= 15 is 0 Å². The Hall–Kier alpha value is -1.38. The van der Waals surface area contributed by atoms with Gasteiger partial charge in [-0.05, 0) is 49.5 Å². The van der Waals surface area contributed by atoms with Crippen LogP contribution in [-0.4, -0.2) is 29.7 Å². The molecule has 0 spiro atoms. The van der Waals surface area contributed by atoms with Crippen LogP contribution < -0.4 is 0 Å². The van der Waals surface area contributed by atoms with Crippen molar-refractivity contribution in [1.82, 2.24) is 29.7 Å². The first kappa shape index (κ1) is 15.0. The highest BCUT2D eigenvalue weighted by Gasteiger charge is 1.97. The lowest BCUT2D eigenvalue weighted by molar-refractivity contribution is 0.806. The molecule has 0 unspecified atom stereocenters. The standard InChI is InChI=1S/C7H5BrN4.C4H2BrClN2/c8-6-4-9-7(10-5-6)12-3-1-2-11-12;5-3-1-7-4(6)8-2-3/h1-5H;1-2H. The summed E-state index contributed by atoms with van der Waals surface area (Å²) in [6, 6.07) is 1.82. The molecule has 0 aliphatic carbocycles. The van der Waals surface area contributed by atoms with Crippen molar-refractivity contribution in [2.45, 2.75) is 0 Å². The number of hydrogen-bond acceptors (Lipinski definition) is 5. The van der Waals surface area contributed by atoms with Crippen molar-refractivity contribution < 1.29 is 0 Å². The first-order valence-electron chi connectivity index (χ1n) is 5.26. The van der Waals surface area contributed by atoms with Crippen molar-refractivity contribution in [2.75, 3.05) is 0 Å². The average Bonchev–Trinajstić information content (AvgIpc) is 2.98. The molecule has 0 aliphatic rings. The Bertz CT molecular complexity index is 621. The lowest BCUT2D eigenvalue weighted by Crippen LogP contribution is -1.99. The molecule has 3 heterocycles. The predicted molar refractivity (Wildman–Crippen MR) is 81.6 cm³/mol. The van der Waals surface area contributed by atoms with E-state index in [2.05, 4.69) is 56.9 Å². The second kappa shape index (κ2) is 7.41. The van der Waals surface area contributed by atoms with Gasteiger partial charge in [0.1, 0.15) is 0 Å². The molecule has 0 aromatic carbocycles. The van der Waals surface area contributed by atoms with E-state index in [9.17, 15) is 0 Å². The molecular weight excluding hydrogens is 411 g/mol. The maximum Gasteiger partial charge on any atom is 0.250 e. The van der Waals surface area contributed by atoms with Crippen molar-refractivity contribution in [2.24, 2.45) is 0 Å². The van der Waals surface area contributed by atoms with Crippen LogP contribution in [0.25, 0.3) is 5.95 Å². The molecule has 9 heteroatoms. The Morgan fingerprint density at radius 1 is 0.900 bits per heavy atom. The Balaban J connectivity index is 0.000000160. The van der Waals surface area contributed by atoms with Gasteiger partial charge in [0, 0.05) is 37.2 Å². The van der Waals surface area contributed by atoms with Gasteiger partial charge in [0.05, 0.1) is 8.95 Å². The van der Waals surface area contributed by atoms with E-state index in [1.807, 2.05) is 6.07 Å². The highest BCUT2D eigenvalue weighted by Crippen LogP contribution is 2.06. The second-order valence-electron chi connectivity index (χ2n) is 3.32. The van der Waals surface area contributed by atoms with E-state index in [-0.39, 0.29) is 5.28 Å². The summed E-state index contributed by atoms with van der Waals surface area (Å²) >= 11 is 11.8. The molecule has 0 saturated heterocycles. The second-order valence-corrected chi connectivity index (χ2v) is 5.49. The fourth-order valence-corrected chi connectivity index (χ4v) is 1.61. The molecule has 0 N–H and O–H groups in total. The predicted octanol–water partition coefficient (Wildman–Crippen LogP) is 3.32. The summed E-state index contributed by atoms with van der Waals surface area (Å²) in [5.74, 6) is 0.572. The lowest BCUT2D eigenvalue weighted by atomic mass is 10.7. The minimum absolute atomic E-state index is 0.271. The summed E-state index contributed by atoms with van der Waals surface area (Å²) in [6.45, 7) is 0. The first-order chi connectivity index (χ1) is 9.65. The zero-order chi connectivity index (χ0) is 14.4. The fourth-order valence-electron chi connectivity index (χ4n) is 1.11. The molecule has 0 radical (unpaired) electrons. The summed E-state index contributed by atoms with van der Waals surface area (Å²) in [5.41, 5.74) is 0. The Morgan fingerprint density at radius 2 is 1.45 bits per heavy atom. The van der Waals surface area contributed by atoms with Gasteiger partial charge in [0.25, 0.3) is 0 Å². The number of rotatable bonds is 1. The van der Waals surface area contributed by atoms with Crippen LogP contribution in [0.4, 0.5) is 0 Å². The van der Waals surface area contributed by atoms with Crippen LogP contribution in [0, 0.1) is 0 Å². The fraction of sp³-hybridized carbons (Fsp3) is 0. The Labute approximate surface area is 136 Å². The summed E-state index contributed by atoms with van der Waals surface area (Å²) in [4.78, 5) is 15.5. The van der Waals surface area contributed by atoms with E-state index < -0.39 is 0 Å². The number of halogens is 3. The smallest absolute Gasteiger partial charge is 0.225 e. The first-order valence-corrected chi connectivity index (χ1v) is 7.22. The van der Waals surface area contributed by atoms with Gasteiger partial charge in [-0.3, -0.25) is 0 Å². The Kier molecular flexibility index (Phi) is 5.57. The van der Waals surface area contributed by atoms with Gasteiger partial charge in [-0.1, -0.05) is 0 Å². The van der Waals surface area contributed by atoms with Gasteiger partial charge in [0.15, 0.2) is 0 Å². The van der Waals surface area contributed by atoms with Gasteiger partial charge >= 0.3 is 0 Å². The molecule has 20 heavy (non-hydrogen) atoms.